The highest BCUT2D eigenvalue weighted by molar-refractivity contribution is 5.96. The number of allylic oxidation sites excluding steroid dienone is 1. The van der Waals surface area contributed by atoms with Crippen LogP contribution in [0.25, 0.3) is 0 Å². The maximum atomic E-state index is 12.7. The molecule has 0 saturated heterocycles. The van der Waals surface area contributed by atoms with E-state index in [0.717, 1.165) is 19.3 Å². The number of benzene rings is 1. The molecule has 1 aromatic rings. The summed E-state index contributed by atoms with van der Waals surface area (Å²) >= 11 is 0. The van der Waals surface area contributed by atoms with Gasteiger partial charge in [0.2, 0.25) is 0 Å². The van der Waals surface area contributed by atoms with Crippen molar-refractivity contribution in [3.63, 3.8) is 0 Å². The summed E-state index contributed by atoms with van der Waals surface area (Å²) in [6.07, 6.45) is 3.65. The van der Waals surface area contributed by atoms with Crippen molar-refractivity contribution in [1.29, 1.82) is 0 Å². The smallest absolute Gasteiger partial charge is 0.412 e. The molecule has 1 aliphatic heterocycles. The minimum Gasteiger partial charge on any atom is -0.444 e. The molecule has 5 nitrogen and oxygen atoms in total. The molecular weight excluding hydrogens is 304 g/mol. The Hall–Kier alpha value is -2.30. The first-order valence-electron chi connectivity index (χ1n) is 8.38. The summed E-state index contributed by atoms with van der Waals surface area (Å²) in [4.78, 5) is 26.4. The van der Waals surface area contributed by atoms with Crippen molar-refractivity contribution in [3.8, 4) is 0 Å². The molecule has 1 N–H and O–H groups in total. The largest absolute Gasteiger partial charge is 0.444 e. The van der Waals surface area contributed by atoms with Crippen molar-refractivity contribution in [2.45, 2.75) is 45.6 Å². The number of carbonyl (C=O) groups excluding carboxylic acids is 2. The van der Waals surface area contributed by atoms with Crippen molar-refractivity contribution < 1.29 is 14.3 Å². The quantitative estimate of drug-likeness (QED) is 0.922. The lowest BCUT2D eigenvalue weighted by Crippen LogP contribution is -2.40. The molecule has 0 bridgehead atoms. The van der Waals surface area contributed by atoms with Crippen LogP contribution < -0.4 is 5.32 Å². The van der Waals surface area contributed by atoms with Gasteiger partial charge in [0.1, 0.15) is 11.3 Å². The molecule has 0 saturated carbocycles. The first-order valence-corrected chi connectivity index (χ1v) is 8.38. The fraction of sp³-hybridized carbons (Fsp3) is 0.474. The zero-order valence-electron chi connectivity index (χ0n) is 14.7. The second kappa shape index (κ2) is 7.99. The zero-order chi connectivity index (χ0) is 17.6. The Bertz CT molecular complexity index is 603. The maximum Gasteiger partial charge on any atom is 0.412 e. The number of ether oxygens (including phenoxy) is 1. The van der Waals surface area contributed by atoms with E-state index in [1.54, 1.807) is 31.7 Å². The number of rotatable bonds is 4. The fourth-order valence-electron chi connectivity index (χ4n) is 2.53. The van der Waals surface area contributed by atoms with Crippen LogP contribution in [0.5, 0.6) is 0 Å². The Balaban J connectivity index is 1.96. The summed E-state index contributed by atoms with van der Waals surface area (Å²) in [5.41, 5.74) is 0.917. The molecule has 1 heterocycles. The first-order chi connectivity index (χ1) is 11.3. The lowest BCUT2D eigenvalue weighted by molar-refractivity contribution is -0.127. The van der Waals surface area contributed by atoms with E-state index in [-0.39, 0.29) is 5.91 Å². The predicted molar refractivity (Wildman–Crippen MR) is 93.4 cm³/mol. The van der Waals surface area contributed by atoms with Gasteiger partial charge in [0.25, 0.3) is 5.91 Å². The summed E-state index contributed by atoms with van der Waals surface area (Å²) in [6.45, 7) is 6.71. The molecule has 2 rings (SSSR count). The van der Waals surface area contributed by atoms with Crippen molar-refractivity contribution in [2.24, 2.45) is 0 Å². The number of nitrogens with one attached hydrogen (secondary N) is 1. The summed E-state index contributed by atoms with van der Waals surface area (Å²) in [5.74, 6) is -0.144. The van der Waals surface area contributed by atoms with Crippen LogP contribution in [0.4, 0.5) is 4.79 Å². The topological polar surface area (TPSA) is 58.6 Å². The molecule has 24 heavy (non-hydrogen) atoms. The highest BCUT2D eigenvalue weighted by Gasteiger charge is 2.24. The van der Waals surface area contributed by atoms with E-state index in [2.05, 4.69) is 17.4 Å². The van der Waals surface area contributed by atoms with Crippen molar-refractivity contribution in [2.75, 3.05) is 13.1 Å². The van der Waals surface area contributed by atoms with Gasteiger partial charge < -0.3 is 9.64 Å². The molecule has 0 atom stereocenters. The summed E-state index contributed by atoms with van der Waals surface area (Å²) in [7, 11) is 0. The van der Waals surface area contributed by atoms with Gasteiger partial charge in [-0.2, -0.15) is 0 Å². The van der Waals surface area contributed by atoms with E-state index in [4.69, 9.17) is 4.74 Å². The SMILES string of the molecule is CC(C)(C)OC(=O)NC1=CCCCN(CCc2ccccc2)C1=O. The van der Waals surface area contributed by atoms with Crippen molar-refractivity contribution >= 4 is 12.0 Å². The molecule has 0 spiro atoms. The van der Waals surface area contributed by atoms with Crippen molar-refractivity contribution in [1.82, 2.24) is 10.2 Å². The van der Waals surface area contributed by atoms with E-state index in [9.17, 15) is 9.59 Å². The lowest BCUT2D eigenvalue weighted by atomic mass is 10.1. The molecule has 0 aliphatic carbocycles. The molecule has 1 aliphatic rings. The van der Waals surface area contributed by atoms with Crippen LogP contribution in [0.15, 0.2) is 42.1 Å². The second-order valence-electron chi connectivity index (χ2n) is 6.91. The molecule has 0 unspecified atom stereocenters. The lowest BCUT2D eigenvalue weighted by Gasteiger charge is -2.23. The van der Waals surface area contributed by atoms with Crippen LogP contribution in [0.1, 0.15) is 39.2 Å². The Morgan fingerprint density at radius 1 is 1.25 bits per heavy atom. The molecule has 2 amide bonds. The third-order valence-electron chi connectivity index (χ3n) is 3.65. The van der Waals surface area contributed by atoms with E-state index >= 15 is 0 Å². The third kappa shape index (κ3) is 5.72. The van der Waals surface area contributed by atoms with Gasteiger partial charge in [-0.05, 0) is 45.6 Å². The minimum atomic E-state index is -0.592. The van der Waals surface area contributed by atoms with E-state index in [0.29, 0.717) is 18.8 Å². The number of alkyl carbamates (subject to hydrolysis) is 1. The van der Waals surface area contributed by atoms with Gasteiger partial charge in [-0.15, -0.1) is 0 Å². The van der Waals surface area contributed by atoms with Crippen LogP contribution in [-0.2, 0) is 16.0 Å². The van der Waals surface area contributed by atoms with Crippen LogP contribution in [0.3, 0.4) is 0 Å². The van der Waals surface area contributed by atoms with Gasteiger partial charge in [-0.25, -0.2) is 4.79 Å². The third-order valence-corrected chi connectivity index (χ3v) is 3.65. The Labute approximate surface area is 143 Å². The van der Waals surface area contributed by atoms with Gasteiger partial charge in [-0.3, -0.25) is 10.1 Å². The Morgan fingerprint density at radius 3 is 2.62 bits per heavy atom. The minimum absolute atomic E-state index is 0.144. The molecule has 5 heteroatoms. The number of hydrogen-bond acceptors (Lipinski definition) is 3. The molecular formula is C19H26N2O3. The molecule has 130 valence electrons. The summed E-state index contributed by atoms with van der Waals surface area (Å²) in [5, 5.41) is 2.60. The highest BCUT2D eigenvalue weighted by atomic mass is 16.6. The Kier molecular flexibility index (Phi) is 6.01. The number of hydrogen-bond donors (Lipinski definition) is 1. The van der Waals surface area contributed by atoms with Crippen LogP contribution in [0.2, 0.25) is 0 Å². The summed E-state index contributed by atoms with van der Waals surface area (Å²) in [6, 6.07) is 10.1. The number of carbonyl (C=O) groups is 2. The van der Waals surface area contributed by atoms with Gasteiger partial charge in [-0.1, -0.05) is 36.4 Å². The van der Waals surface area contributed by atoms with Gasteiger partial charge in [0, 0.05) is 13.1 Å². The number of nitrogens with zero attached hydrogens (tertiary/aromatic N) is 1. The predicted octanol–water partition coefficient (Wildman–Crippen LogP) is 3.26. The Morgan fingerprint density at radius 2 is 1.96 bits per heavy atom. The van der Waals surface area contributed by atoms with Gasteiger partial charge in [0.05, 0.1) is 0 Å². The monoisotopic (exact) mass is 330 g/mol. The van der Waals surface area contributed by atoms with Crippen molar-refractivity contribution in [3.05, 3.63) is 47.7 Å². The molecule has 0 aromatic heterocycles. The molecule has 0 radical (unpaired) electrons. The average molecular weight is 330 g/mol. The van der Waals surface area contributed by atoms with Crippen LogP contribution in [-0.4, -0.2) is 35.6 Å². The van der Waals surface area contributed by atoms with E-state index in [1.165, 1.54) is 5.56 Å². The summed E-state index contributed by atoms with van der Waals surface area (Å²) < 4.78 is 5.23. The standard InChI is InChI=1S/C19H26N2O3/c1-19(2,3)24-18(23)20-16-11-7-8-13-21(17(16)22)14-12-15-9-5-4-6-10-15/h4-6,9-11H,7-8,12-14H2,1-3H3,(H,20,23). The first kappa shape index (κ1) is 18.0. The fourth-order valence-corrected chi connectivity index (χ4v) is 2.53. The highest BCUT2D eigenvalue weighted by Crippen LogP contribution is 2.13. The molecule has 1 aromatic carbocycles. The van der Waals surface area contributed by atoms with E-state index in [1.807, 2.05) is 18.2 Å². The van der Waals surface area contributed by atoms with Gasteiger partial charge >= 0.3 is 6.09 Å². The van der Waals surface area contributed by atoms with E-state index < -0.39 is 11.7 Å². The normalized spacial score (nSPS) is 15.5. The number of amides is 2. The maximum absolute atomic E-state index is 12.7. The second-order valence-corrected chi connectivity index (χ2v) is 6.91. The van der Waals surface area contributed by atoms with Crippen LogP contribution >= 0.6 is 0 Å². The zero-order valence-corrected chi connectivity index (χ0v) is 14.7. The van der Waals surface area contributed by atoms with Crippen LogP contribution in [0, 0.1) is 0 Å². The van der Waals surface area contributed by atoms with Gasteiger partial charge in [0.15, 0.2) is 0 Å². The molecule has 0 fully saturated rings. The average Bonchev–Trinajstić information content (AvgIpc) is 2.67.